The van der Waals surface area contributed by atoms with Gasteiger partial charge in [0.15, 0.2) is 0 Å². The van der Waals surface area contributed by atoms with Crippen LogP contribution in [-0.4, -0.2) is 66.6 Å². The van der Waals surface area contributed by atoms with Gasteiger partial charge in [0, 0.05) is 42.9 Å². The lowest BCUT2D eigenvalue weighted by atomic mass is 9.52. The minimum atomic E-state index is -4.25. The number of amides is 1. The van der Waals surface area contributed by atoms with Gasteiger partial charge in [0.05, 0.1) is 12.2 Å². The van der Waals surface area contributed by atoms with E-state index in [0.29, 0.717) is 24.5 Å². The van der Waals surface area contributed by atoms with Crippen LogP contribution in [0.15, 0.2) is 18.2 Å². The number of benzene rings is 1. The molecule has 2 atom stereocenters. The number of ether oxygens (including phenoxy) is 1. The molecule has 0 radical (unpaired) electrons. The van der Waals surface area contributed by atoms with E-state index in [9.17, 15) is 18.0 Å². The Bertz CT molecular complexity index is 938. The van der Waals surface area contributed by atoms with E-state index >= 15 is 4.39 Å². The second kappa shape index (κ2) is 9.58. The molecule has 0 aromatic heterocycles. The summed E-state index contributed by atoms with van der Waals surface area (Å²) in [5.41, 5.74) is 0.847. The molecule has 1 amide bonds. The second-order valence-corrected chi connectivity index (χ2v) is 12.1. The number of alkyl halides is 3. The summed E-state index contributed by atoms with van der Waals surface area (Å²) in [7, 11) is 0. The highest BCUT2D eigenvalue weighted by molar-refractivity contribution is 5.68. The van der Waals surface area contributed by atoms with Crippen molar-refractivity contribution in [3.63, 3.8) is 0 Å². The zero-order valence-corrected chi connectivity index (χ0v) is 21.7. The lowest BCUT2D eigenvalue weighted by molar-refractivity contribution is -0.156. The van der Waals surface area contributed by atoms with Gasteiger partial charge in [-0.1, -0.05) is 0 Å². The fraction of sp³-hybridized carbons (Fsp3) is 0.731. The lowest BCUT2D eigenvalue weighted by Gasteiger charge is -2.58. The number of rotatable bonds is 5. The van der Waals surface area contributed by atoms with Gasteiger partial charge in [0.25, 0.3) is 0 Å². The van der Waals surface area contributed by atoms with Crippen molar-refractivity contribution < 1.29 is 27.1 Å². The minimum Gasteiger partial charge on any atom is -0.444 e. The van der Waals surface area contributed by atoms with Crippen molar-refractivity contribution in [2.24, 2.45) is 5.41 Å². The van der Waals surface area contributed by atoms with Crippen molar-refractivity contribution in [1.29, 1.82) is 0 Å². The predicted octanol–water partition coefficient (Wildman–Crippen LogP) is 5.53. The van der Waals surface area contributed by atoms with Gasteiger partial charge in [-0.25, -0.2) is 9.18 Å². The molecule has 1 saturated heterocycles. The standard InChI is InChI=1S/C26H38F4N4O2/c1-16-13-33(14-17(2)34(16)15-26(28,29)30)22-7-6-18(8-21(22)27)31-19-9-25(10-19)11-20(12-25)32-23(35)36-24(3,4)5/h6-8,16-17,19-20,31H,9-15H2,1-5H3,(H,32,35). The quantitative estimate of drug-likeness (QED) is 0.506. The third kappa shape index (κ3) is 6.36. The van der Waals surface area contributed by atoms with Crippen LogP contribution in [0.4, 0.5) is 33.7 Å². The van der Waals surface area contributed by atoms with Crippen molar-refractivity contribution in [1.82, 2.24) is 10.2 Å². The number of halogens is 4. The van der Waals surface area contributed by atoms with E-state index in [2.05, 4.69) is 10.6 Å². The zero-order chi connectivity index (χ0) is 26.5. The highest BCUT2D eigenvalue weighted by atomic mass is 19.4. The van der Waals surface area contributed by atoms with Crippen LogP contribution >= 0.6 is 0 Å². The average molecular weight is 515 g/mol. The van der Waals surface area contributed by atoms with E-state index in [-0.39, 0.29) is 41.5 Å². The molecule has 2 unspecified atom stereocenters. The van der Waals surface area contributed by atoms with Crippen LogP contribution in [0.2, 0.25) is 0 Å². The van der Waals surface area contributed by atoms with Crippen LogP contribution in [0.25, 0.3) is 0 Å². The predicted molar refractivity (Wildman–Crippen MR) is 132 cm³/mol. The number of carbonyl (C=O) groups is 1. The van der Waals surface area contributed by atoms with Crippen molar-refractivity contribution in [2.75, 3.05) is 29.9 Å². The summed E-state index contributed by atoms with van der Waals surface area (Å²) < 4.78 is 59.1. The number of nitrogens with one attached hydrogen (secondary N) is 2. The van der Waals surface area contributed by atoms with Crippen molar-refractivity contribution in [3.8, 4) is 0 Å². The van der Waals surface area contributed by atoms with E-state index in [1.54, 1.807) is 19.9 Å². The van der Waals surface area contributed by atoms with Gasteiger partial charge in [-0.05, 0) is 83.9 Å². The summed E-state index contributed by atoms with van der Waals surface area (Å²) in [5, 5.41) is 6.34. The highest BCUT2D eigenvalue weighted by Crippen LogP contribution is 2.56. The first-order valence-corrected chi connectivity index (χ1v) is 12.7. The molecule has 1 heterocycles. The van der Waals surface area contributed by atoms with Crippen molar-refractivity contribution in [3.05, 3.63) is 24.0 Å². The summed E-state index contributed by atoms with van der Waals surface area (Å²) in [5.74, 6) is -0.372. The minimum absolute atomic E-state index is 0.138. The van der Waals surface area contributed by atoms with E-state index in [1.807, 2.05) is 31.7 Å². The molecular formula is C26H38F4N4O2. The normalized spacial score (nSPS) is 31.0. The van der Waals surface area contributed by atoms with Gasteiger partial charge in [-0.3, -0.25) is 4.90 Å². The Morgan fingerprint density at radius 2 is 1.64 bits per heavy atom. The maximum atomic E-state index is 15.0. The molecule has 0 bridgehead atoms. The SMILES string of the molecule is CC1CN(c2ccc(NC3CC4(CC(NC(=O)OC(C)(C)C)C4)C3)cc2F)CC(C)N1CC(F)(F)F. The molecule has 2 aliphatic carbocycles. The van der Waals surface area contributed by atoms with E-state index in [1.165, 1.54) is 11.0 Å². The van der Waals surface area contributed by atoms with Crippen molar-refractivity contribution in [2.45, 2.75) is 96.2 Å². The topological polar surface area (TPSA) is 56.8 Å². The second-order valence-electron chi connectivity index (χ2n) is 12.1. The Morgan fingerprint density at radius 3 is 2.17 bits per heavy atom. The number of piperazine rings is 1. The van der Waals surface area contributed by atoms with Crippen molar-refractivity contribution >= 4 is 17.5 Å². The van der Waals surface area contributed by atoms with Gasteiger partial charge in [0.2, 0.25) is 0 Å². The molecule has 10 heteroatoms. The highest BCUT2D eigenvalue weighted by Gasteiger charge is 2.53. The molecule has 202 valence electrons. The van der Waals surface area contributed by atoms with Crippen LogP contribution in [0.1, 0.15) is 60.3 Å². The first-order chi connectivity index (χ1) is 16.6. The molecule has 6 nitrogen and oxygen atoms in total. The Hall–Kier alpha value is -2.23. The molecule has 1 aromatic carbocycles. The van der Waals surface area contributed by atoms with Gasteiger partial charge in [0.1, 0.15) is 11.4 Å². The largest absolute Gasteiger partial charge is 0.444 e. The number of hydrogen-bond acceptors (Lipinski definition) is 5. The fourth-order valence-electron chi connectivity index (χ4n) is 6.14. The first kappa shape index (κ1) is 26.8. The molecule has 3 aliphatic rings. The Morgan fingerprint density at radius 1 is 1.06 bits per heavy atom. The lowest BCUT2D eigenvalue weighted by Crippen LogP contribution is -2.59. The fourth-order valence-corrected chi connectivity index (χ4v) is 6.14. The number of nitrogens with zero attached hydrogens (tertiary/aromatic N) is 2. The van der Waals surface area contributed by atoms with Crippen LogP contribution in [-0.2, 0) is 4.74 Å². The van der Waals surface area contributed by atoms with E-state index < -0.39 is 18.3 Å². The van der Waals surface area contributed by atoms with Gasteiger partial charge in [-0.2, -0.15) is 13.2 Å². The Labute approximate surface area is 210 Å². The Kier molecular flexibility index (Phi) is 7.13. The summed E-state index contributed by atoms with van der Waals surface area (Å²) >= 11 is 0. The number of carbonyl (C=O) groups excluding carboxylic acids is 1. The molecule has 1 aliphatic heterocycles. The molecule has 36 heavy (non-hydrogen) atoms. The Balaban J connectivity index is 1.25. The van der Waals surface area contributed by atoms with E-state index in [0.717, 1.165) is 25.7 Å². The molecule has 3 fully saturated rings. The maximum Gasteiger partial charge on any atom is 0.407 e. The van der Waals surface area contributed by atoms with Crippen LogP contribution in [0.5, 0.6) is 0 Å². The number of hydrogen-bond donors (Lipinski definition) is 2. The third-order valence-corrected chi connectivity index (χ3v) is 7.56. The molecule has 1 aromatic rings. The number of alkyl carbamates (subject to hydrolysis) is 1. The third-order valence-electron chi connectivity index (χ3n) is 7.56. The molecule has 2 saturated carbocycles. The summed E-state index contributed by atoms with van der Waals surface area (Å²) in [4.78, 5) is 15.2. The molecule has 1 spiro atoms. The first-order valence-electron chi connectivity index (χ1n) is 12.7. The van der Waals surface area contributed by atoms with Gasteiger partial charge < -0.3 is 20.3 Å². The van der Waals surface area contributed by atoms with Gasteiger partial charge in [-0.15, -0.1) is 0 Å². The van der Waals surface area contributed by atoms with E-state index in [4.69, 9.17) is 4.74 Å². The maximum absolute atomic E-state index is 15.0. The van der Waals surface area contributed by atoms with Crippen LogP contribution in [0.3, 0.4) is 0 Å². The monoisotopic (exact) mass is 514 g/mol. The molecule has 2 N–H and O–H groups in total. The molecular weight excluding hydrogens is 476 g/mol. The average Bonchev–Trinajstić information content (AvgIpc) is 2.65. The zero-order valence-electron chi connectivity index (χ0n) is 21.7. The number of anilines is 2. The van der Waals surface area contributed by atoms with Crippen LogP contribution in [0, 0.1) is 11.2 Å². The van der Waals surface area contributed by atoms with Gasteiger partial charge >= 0.3 is 12.3 Å². The summed E-state index contributed by atoms with van der Waals surface area (Å²) in [6.07, 6.45) is -0.836. The van der Waals surface area contributed by atoms with Crippen LogP contribution < -0.4 is 15.5 Å². The molecule has 4 rings (SSSR count). The smallest absolute Gasteiger partial charge is 0.407 e. The summed E-state index contributed by atoms with van der Waals surface area (Å²) in [6.45, 7) is 8.76. The summed E-state index contributed by atoms with van der Waals surface area (Å²) in [6, 6.07) is 4.75.